The number of rotatable bonds is 7. The molecule has 0 bridgehead atoms. The summed E-state index contributed by atoms with van der Waals surface area (Å²) < 4.78 is 17.0. The van der Waals surface area contributed by atoms with Crippen molar-refractivity contribution < 1.29 is 19.0 Å². The highest BCUT2D eigenvalue weighted by Crippen LogP contribution is 2.24. The van der Waals surface area contributed by atoms with Crippen LogP contribution < -0.4 is 19.8 Å². The first-order valence-electron chi connectivity index (χ1n) is 9.17. The third-order valence-electron chi connectivity index (χ3n) is 4.28. The summed E-state index contributed by atoms with van der Waals surface area (Å²) >= 11 is 1.13. The molecule has 158 valence electrons. The number of fused-ring (bicyclic) bond motifs is 1. The zero-order valence-corrected chi connectivity index (χ0v) is 17.5. The second kappa shape index (κ2) is 8.92. The van der Waals surface area contributed by atoms with Gasteiger partial charge in [-0.2, -0.15) is 0 Å². The quantitative estimate of drug-likeness (QED) is 0.267. The van der Waals surface area contributed by atoms with Gasteiger partial charge in [-0.15, -0.1) is 0 Å². The Morgan fingerprint density at radius 3 is 2.23 bits per heavy atom. The zero-order valence-electron chi connectivity index (χ0n) is 16.7. The lowest BCUT2D eigenvalue weighted by molar-refractivity contribution is -0.131. The van der Waals surface area contributed by atoms with Crippen LogP contribution in [-0.4, -0.2) is 45.5 Å². The number of ether oxygens (including phenoxy) is 3. The second-order valence-corrected chi connectivity index (χ2v) is 7.25. The monoisotopic (exact) mass is 438 g/mol. The summed E-state index contributed by atoms with van der Waals surface area (Å²) in [5.74, 6) is 1.74. The van der Waals surface area contributed by atoms with E-state index in [1.54, 1.807) is 50.6 Å². The van der Waals surface area contributed by atoms with Crippen LogP contribution in [0.25, 0.3) is 17.0 Å². The molecule has 2 aromatic carbocycles. The van der Waals surface area contributed by atoms with Crippen LogP contribution in [0.3, 0.4) is 0 Å². The van der Waals surface area contributed by atoms with E-state index in [0.717, 1.165) is 17.3 Å². The number of H-pyrrole nitrogens is 1. The fraction of sp³-hybridized carbons (Fsp3) is 0.143. The van der Waals surface area contributed by atoms with Crippen LogP contribution >= 0.6 is 11.8 Å². The number of hydrogen-bond acceptors (Lipinski definition) is 8. The van der Waals surface area contributed by atoms with Crippen LogP contribution in [0, 0.1) is 0 Å². The molecular formula is C21H18N4O5S. The molecule has 0 aliphatic heterocycles. The van der Waals surface area contributed by atoms with E-state index in [4.69, 9.17) is 14.2 Å². The molecule has 0 aliphatic rings. The van der Waals surface area contributed by atoms with E-state index >= 15 is 0 Å². The Bertz CT molecular complexity index is 1270. The van der Waals surface area contributed by atoms with Crippen molar-refractivity contribution in [2.45, 2.75) is 5.16 Å². The summed E-state index contributed by atoms with van der Waals surface area (Å²) in [4.78, 5) is 33.1. The maximum absolute atomic E-state index is 12.3. The second-order valence-electron chi connectivity index (χ2n) is 6.31. The molecule has 0 aliphatic carbocycles. The van der Waals surface area contributed by atoms with Gasteiger partial charge < -0.3 is 14.2 Å². The summed E-state index contributed by atoms with van der Waals surface area (Å²) in [6, 6.07) is 15.3. The fourth-order valence-electron chi connectivity index (χ4n) is 2.78. The van der Waals surface area contributed by atoms with Crippen molar-refractivity contribution in [2.24, 2.45) is 0 Å². The van der Waals surface area contributed by atoms with Gasteiger partial charge in [0, 0.05) is 11.6 Å². The predicted octanol–water partition coefficient (Wildman–Crippen LogP) is 2.80. The Hall–Kier alpha value is -3.79. The molecule has 0 saturated heterocycles. The van der Waals surface area contributed by atoms with Crippen molar-refractivity contribution in [1.82, 2.24) is 19.6 Å². The number of thioether (sulfide) groups is 1. The van der Waals surface area contributed by atoms with Gasteiger partial charge >= 0.3 is 5.97 Å². The van der Waals surface area contributed by atoms with Gasteiger partial charge in [-0.05, 0) is 48.5 Å². The molecule has 4 aromatic rings. The number of aromatic nitrogens is 4. The van der Waals surface area contributed by atoms with Crippen LogP contribution in [0.4, 0.5) is 0 Å². The van der Waals surface area contributed by atoms with Crippen molar-refractivity contribution in [3.63, 3.8) is 0 Å². The van der Waals surface area contributed by atoms with Gasteiger partial charge in [-0.1, -0.05) is 11.8 Å². The molecule has 2 aromatic heterocycles. The third kappa shape index (κ3) is 4.69. The number of carbonyl (C=O) groups excluding carboxylic acids is 1. The molecule has 0 fully saturated rings. The van der Waals surface area contributed by atoms with Gasteiger partial charge in [0.2, 0.25) is 0 Å². The highest BCUT2D eigenvalue weighted by atomic mass is 32.2. The number of carbonyl (C=O) groups is 1. The van der Waals surface area contributed by atoms with Crippen LogP contribution in [-0.2, 0) is 4.79 Å². The van der Waals surface area contributed by atoms with Crippen molar-refractivity contribution in [2.75, 3.05) is 20.0 Å². The number of benzene rings is 2. The maximum Gasteiger partial charge on any atom is 0.321 e. The predicted molar refractivity (Wildman–Crippen MR) is 115 cm³/mol. The molecular weight excluding hydrogens is 420 g/mol. The molecule has 0 radical (unpaired) electrons. The number of hydrogen-bond donors (Lipinski definition) is 1. The minimum Gasteiger partial charge on any atom is -0.497 e. The first kappa shape index (κ1) is 20.5. The van der Waals surface area contributed by atoms with Crippen LogP contribution in [0.5, 0.6) is 17.2 Å². The molecule has 2 heterocycles. The minimum absolute atomic E-state index is 0.0135. The van der Waals surface area contributed by atoms with E-state index in [2.05, 4.69) is 15.1 Å². The van der Waals surface area contributed by atoms with Gasteiger partial charge in [-0.25, -0.2) is 14.5 Å². The van der Waals surface area contributed by atoms with Crippen molar-refractivity contribution in [3.05, 3.63) is 65.0 Å². The highest BCUT2D eigenvalue weighted by Gasteiger charge is 2.14. The molecule has 31 heavy (non-hydrogen) atoms. The standard InChI is InChI=1S/C21H18N4O5S/c1-28-14-5-3-13(4-6-14)20-22-17-11-18(26)24-25(17)21(23-20)31-12-19(27)30-16-9-7-15(29-2)8-10-16/h3-11H,12H2,1-2H3,(H,24,26). The average molecular weight is 438 g/mol. The fourth-order valence-corrected chi connectivity index (χ4v) is 3.50. The number of aromatic amines is 1. The van der Waals surface area contributed by atoms with Crippen LogP contribution in [0.1, 0.15) is 0 Å². The Kier molecular flexibility index (Phi) is 5.89. The lowest BCUT2D eigenvalue weighted by Gasteiger charge is -2.08. The van der Waals surface area contributed by atoms with Gasteiger partial charge in [0.1, 0.15) is 17.2 Å². The first-order valence-corrected chi connectivity index (χ1v) is 10.2. The SMILES string of the molecule is COc1ccc(OC(=O)CSc2nc(-c3ccc(OC)cc3)nc3cc(=O)[nH]n23)cc1. The minimum atomic E-state index is -0.456. The summed E-state index contributed by atoms with van der Waals surface area (Å²) in [5, 5.41) is 3.05. The maximum atomic E-state index is 12.3. The molecule has 9 nitrogen and oxygen atoms in total. The smallest absolute Gasteiger partial charge is 0.321 e. The Morgan fingerprint density at radius 2 is 1.58 bits per heavy atom. The molecule has 0 spiro atoms. The van der Waals surface area contributed by atoms with E-state index in [-0.39, 0.29) is 11.3 Å². The summed E-state index contributed by atoms with van der Waals surface area (Å²) in [5.41, 5.74) is 0.834. The van der Waals surface area contributed by atoms with E-state index in [0.29, 0.717) is 33.9 Å². The van der Waals surface area contributed by atoms with E-state index in [1.165, 1.54) is 10.6 Å². The Morgan fingerprint density at radius 1 is 0.968 bits per heavy atom. The van der Waals surface area contributed by atoms with E-state index in [1.807, 2.05) is 12.1 Å². The van der Waals surface area contributed by atoms with E-state index < -0.39 is 5.97 Å². The van der Waals surface area contributed by atoms with Crippen molar-refractivity contribution >= 4 is 23.4 Å². The summed E-state index contributed by atoms with van der Waals surface area (Å²) in [6.45, 7) is 0. The zero-order chi connectivity index (χ0) is 21.8. The van der Waals surface area contributed by atoms with Gasteiger partial charge in [0.25, 0.3) is 5.56 Å². The molecule has 10 heteroatoms. The number of esters is 1. The summed E-state index contributed by atoms with van der Waals surface area (Å²) in [6.07, 6.45) is 0. The first-order chi connectivity index (χ1) is 15.1. The molecule has 1 N–H and O–H groups in total. The van der Waals surface area contributed by atoms with Gasteiger partial charge in [-0.3, -0.25) is 14.7 Å². The van der Waals surface area contributed by atoms with E-state index in [9.17, 15) is 9.59 Å². The molecule has 0 atom stereocenters. The number of methoxy groups -OCH3 is 2. The van der Waals surface area contributed by atoms with Gasteiger partial charge in [0.05, 0.1) is 20.0 Å². The van der Waals surface area contributed by atoms with Crippen LogP contribution in [0.2, 0.25) is 0 Å². The average Bonchev–Trinajstić information content (AvgIpc) is 3.18. The normalized spacial score (nSPS) is 10.8. The lowest BCUT2D eigenvalue weighted by Crippen LogP contribution is -2.12. The molecule has 4 rings (SSSR count). The number of nitrogens with one attached hydrogen (secondary N) is 1. The lowest BCUT2D eigenvalue weighted by atomic mass is 10.2. The topological polar surface area (TPSA) is 108 Å². The van der Waals surface area contributed by atoms with Crippen LogP contribution in [0.15, 0.2) is 64.5 Å². The molecule has 0 amide bonds. The third-order valence-corrected chi connectivity index (χ3v) is 5.20. The van der Waals surface area contributed by atoms with Gasteiger partial charge in [0.15, 0.2) is 16.6 Å². The largest absolute Gasteiger partial charge is 0.497 e. The Balaban J connectivity index is 1.55. The Labute approximate surface area is 181 Å². The highest BCUT2D eigenvalue weighted by molar-refractivity contribution is 7.99. The molecule has 0 saturated carbocycles. The van der Waals surface area contributed by atoms with Crippen molar-refractivity contribution in [1.29, 1.82) is 0 Å². The van der Waals surface area contributed by atoms with Crippen molar-refractivity contribution in [3.8, 4) is 28.6 Å². The summed E-state index contributed by atoms with van der Waals surface area (Å²) in [7, 11) is 3.15. The molecule has 0 unspecified atom stereocenters. The number of nitrogens with zero attached hydrogens (tertiary/aromatic N) is 3.